The maximum absolute atomic E-state index is 12.9. The third-order valence-electron chi connectivity index (χ3n) is 5.27. The van der Waals surface area contributed by atoms with Gasteiger partial charge in [0, 0.05) is 30.4 Å². The van der Waals surface area contributed by atoms with E-state index in [4.69, 9.17) is 0 Å². The summed E-state index contributed by atoms with van der Waals surface area (Å²) in [5, 5.41) is 7.91. The smallest absolute Gasteiger partial charge is 0.371 e. The van der Waals surface area contributed by atoms with Gasteiger partial charge in [-0.25, -0.2) is 4.98 Å². The lowest BCUT2D eigenvalue weighted by Crippen LogP contribution is -2.36. The van der Waals surface area contributed by atoms with Gasteiger partial charge in [-0.05, 0) is 36.8 Å². The molecule has 3 rings (SSSR count). The van der Waals surface area contributed by atoms with Crippen LogP contribution in [0.3, 0.4) is 0 Å². The van der Waals surface area contributed by atoms with E-state index >= 15 is 0 Å². The van der Waals surface area contributed by atoms with Gasteiger partial charge in [0.15, 0.2) is 5.82 Å². The highest BCUT2D eigenvalue weighted by Gasteiger charge is 2.47. The molecule has 1 aromatic heterocycles. The van der Waals surface area contributed by atoms with Crippen molar-refractivity contribution >= 4 is 32.9 Å². The Labute approximate surface area is 166 Å². The number of pyridine rings is 1. The van der Waals surface area contributed by atoms with E-state index in [9.17, 15) is 21.6 Å². The first-order chi connectivity index (χ1) is 13.3. The molecule has 2 heterocycles. The third kappa shape index (κ3) is 3.78. The predicted molar refractivity (Wildman–Crippen MR) is 104 cm³/mol. The number of nitrogens with one attached hydrogen (secondary N) is 1. The molecule has 1 aliphatic heterocycles. The molecule has 7 nitrogen and oxygen atoms in total. The van der Waals surface area contributed by atoms with Crippen molar-refractivity contribution in [3.8, 4) is 0 Å². The van der Waals surface area contributed by atoms with Gasteiger partial charge in [-0.15, -0.1) is 10.2 Å². The second-order valence-electron chi connectivity index (χ2n) is 7.33. The number of hydrogen-bond acceptors (Lipinski definition) is 6. The van der Waals surface area contributed by atoms with Gasteiger partial charge >= 0.3 is 15.5 Å². The number of aromatic nitrogens is 1. The van der Waals surface area contributed by atoms with E-state index in [1.807, 2.05) is 25.7 Å². The van der Waals surface area contributed by atoms with E-state index in [1.54, 1.807) is 36.0 Å². The van der Waals surface area contributed by atoms with Gasteiger partial charge in [-0.3, -0.25) is 4.72 Å². The number of azo groups is 1. The maximum Gasteiger partial charge on any atom is 0.516 e. The van der Waals surface area contributed by atoms with E-state index in [1.165, 1.54) is 12.3 Å². The Hall–Kier alpha value is -2.69. The van der Waals surface area contributed by atoms with Crippen LogP contribution in [0.5, 0.6) is 0 Å². The second kappa shape index (κ2) is 6.97. The molecule has 1 aromatic carbocycles. The van der Waals surface area contributed by atoms with Gasteiger partial charge in [0.25, 0.3) is 0 Å². The normalized spacial score (nSPS) is 18.9. The molecule has 0 bridgehead atoms. The molecule has 0 aliphatic carbocycles. The highest BCUT2D eigenvalue weighted by atomic mass is 32.2. The SMILES string of the molecule is CC1N(C)c2cc(NS(=O)(=O)C(F)(F)F)c(N=Nc3ccccn3)cc2C1(C)C. The summed E-state index contributed by atoms with van der Waals surface area (Å²) in [5.41, 5.74) is -4.67. The summed E-state index contributed by atoms with van der Waals surface area (Å²) in [4.78, 5) is 5.86. The van der Waals surface area contributed by atoms with E-state index in [2.05, 4.69) is 15.2 Å². The fourth-order valence-electron chi connectivity index (χ4n) is 3.19. The largest absolute Gasteiger partial charge is 0.516 e. The predicted octanol–water partition coefficient (Wildman–Crippen LogP) is 4.87. The second-order valence-corrected chi connectivity index (χ2v) is 9.01. The summed E-state index contributed by atoms with van der Waals surface area (Å²) < 4.78 is 63.7. The van der Waals surface area contributed by atoms with Crippen LogP contribution in [0.2, 0.25) is 0 Å². The summed E-state index contributed by atoms with van der Waals surface area (Å²) in [7, 11) is -3.82. The summed E-state index contributed by atoms with van der Waals surface area (Å²) in [6.07, 6.45) is 1.49. The Balaban J connectivity index is 2.15. The van der Waals surface area contributed by atoms with Crippen LogP contribution in [-0.4, -0.2) is 32.0 Å². The van der Waals surface area contributed by atoms with E-state index < -0.39 is 15.5 Å². The average Bonchev–Trinajstić information content (AvgIpc) is 2.80. The molecule has 11 heteroatoms. The topological polar surface area (TPSA) is 87.0 Å². The molecule has 0 radical (unpaired) electrons. The number of anilines is 2. The molecular formula is C18H20F3N5O2S. The number of likely N-dealkylation sites (N-methyl/N-ethyl adjacent to an activating group) is 1. The number of fused-ring (bicyclic) bond motifs is 1. The number of nitrogens with zero attached hydrogens (tertiary/aromatic N) is 4. The van der Waals surface area contributed by atoms with Crippen LogP contribution in [0.4, 0.5) is 36.1 Å². The lowest BCUT2D eigenvalue weighted by atomic mass is 9.81. The molecule has 29 heavy (non-hydrogen) atoms. The van der Waals surface area contributed by atoms with Gasteiger partial charge < -0.3 is 4.90 Å². The minimum Gasteiger partial charge on any atom is -0.371 e. The van der Waals surface area contributed by atoms with E-state index in [0.717, 1.165) is 5.56 Å². The van der Waals surface area contributed by atoms with Gasteiger partial charge in [-0.2, -0.15) is 21.6 Å². The number of hydrogen-bond donors (Lipinski definition) is 1. The zero-order valence-electron chi connectivity index (χ0n) is 16.2. The van der Waals surface area contributed by atoms with Crippen molar-refractivity contribution in [1.29, 1.82) is 0 Å². The Morgan fingerprint density at radius 3 is 2.48 bits per heavy atom. The number of rotatable bonds is 4. The van der Waals surface area contributed by atoms with Crippen LogP contribution in [-0.2, 0) is 15.4 Å². The summed E-state index contributed by atoms with van der Waals surface area (Å²) in [6.45, 7) is 5.98. The average molecular weight is 427 g/mol. The Morgan fingerprint density at radius 2 is 1.90 bits per heavy atom. The van der Waals surface area contributed by atoms with Crippen molar-refractivity contribution in [2.24, 2.45) is 10.2 Å². The molecule has 2 aromatic rings. The molecule has 156 valence electrons. The molecule has 0 saturated carbocycles. The van der Waals surface area contributed by atoms with Crippen LogP contribution in [0, 0.1) is 0 Å². The molecule has 0 saturated heterocycles. The van der Waals surface area contributed by atoms with E-state index in [0.29, 0.717) is 5.69 Å². The fourth-order valence-corrected chi connectivity index (χ4v) is 3.76. The highest BCUT2D eigenvalue weighted by molar-refractivity contribution is 7.93. The molecule has 0 spiro atoms. The van der Waals surface area contributed by atoms with Gasteiger partial charge in [0.1, 0.15) is 5.69 Å². The van der Waals surface area contributed by atoms with Crippen LogP contribution < -0.4 is 9.62 Å². The maximum atomic E-state index is 12.9. The fraction of sp³-hybridized carbons (Fsp3) is 0.389. The van der Waals surface area contributed by atoms with Gasteiger partial charge in [0.2, 0.25) is 0 Å². The number of halogens is 3. The molecule has 0 fully saturated rings. The van der Waals surface area contributed by atoms with Crippen molar-refractivity contribution in [2.75, 3.05) is 16.7 Å². The first-order valence-electron chi connectivity index (χ1n) is 8.68. The summed E-state index contributed by atoms with van der Waals surface area (Å²) in [6, 6.07) is 7.88. The zero-order chi connectivity index (χ0) is 21.6. The molecule has 1 N–H and O–H groups in total. The summed E-state index contributed by atoms with van der Waals surface area (Å²) >= 11 is 0. The number of benzene rings is 1. The lowest BCUT2D eigenvalue weighted by molar-refractivity contribution is -0.0429. The quantitative estimate of drug-likeness (QED) is 0.705. The molecule has 1 unspecified atom stereocenters. The van der Waals surface area contributed by atoms with Crippen LogP contribution in [0.1, 0.15) is 26.3 Å². The van der Waals surface area contributed by atoms with Crippen molar-refractivity contribution in [2.45, 2.75) is 37.7 Å². The lowest BCUT2D eigenvalue weighted by Gasteiger charge is -2.28. The van der Waals surface area contributed by atoms with Crippen molar-refractivity contribution in [3.05, 3.63) is 42.1 Å². The number of alkyl halides is 3. The first-order valence-corrected chi connectivity index (χ1v) is 10.2. The Bertz CT molecular complexity index is 1050. The first kappa shape index (κ1) is 21.0. The van der Waals surface area contributed by atoms with Crippen LogP contribution in [0.15, 0.2) is 46.8 Å². The Kier molecular flexibility index (Phi) is 5.06. The zero-order valence-corrected chi connectivity index (χ0v) is 17.0. The minimum absolute atomic E-state index is 0.0298. The minimum atomic E-state index is -5.62. The molecular weight excluding hydrogens is 407 g/mol. The molecule has 1 atom stereocenters. The van der Waals surface area contributed by atoms with Crippen molar-refractivity contribution in [3.63, 3.8) is 0 Å². The number of sulfonamides is 1. The highest BCUT2D eigenvalue weighted by Crippen LogP contribution is 2.48. The van der Waals surface area contributed by atoms with Crippen molar-refractivity contribution in [1.82, 2.24) is 4.98 Å². The van der Waals surface area contributed by atoms with Crippen LogP contribution in [0.25, 0.3) is 0 Å². The van der Waals surface area contributed by atoms with Gasteiger partial charge in [0.05, 0.1) is 5.69 Å². The van der Waals surface area contributed by atoms with Gasteiger partial charge in [-0.1, -0.05) is 19.9 Å². The standard InChI is InChI=1S/C18H20F3N5O2S/c1-11-17(2,3)12-9-13(23-24-16-7-5-6-8-22-16)14(10-15(12)26(11)4)25-29(27,28)18(19,20)21/h5-11,25H,1-4H3. The monoisotopic (exact) mass is 427 g/mol. The van der Waals surface area contributed by atoms with E-state index in [-0.39, 0.29) is 28.6 Å². The Morgan fingerprint density at radius 1 is 1.21 bits per heavy atom. The third-order valence-corrected chi connectivity index (χ3v) is 6.37. The van der Waals surface area contributed by atoms with Crippen molar-refractivity contribution < 1.29 is 21.6 Å². The molecule has 0 amide bonds. The summed E-state index contributed by atoms with van der Waals surface area (Å²) in [5.74, 6) is 0.238. The molecule has 1 aliphatic rings. The van der Waals surface area contributed by atoms with Crippen LogP contribution >= 0.6 is 0 Å².